The van der Waals surface area contributed by atoms with Crippen molar-refractivity contribution in [2.45, 2.75) is 40.2 Å². The van der Waals surface area contributed by atoms with E-state index < -0.39 is 6.10 Å². The maximum absolute atomic E-state index is 12.8. The van der Waals surface area contributed by atoms with Crippen LogP contribution in [0.25, 0.3) is 0 Å². The molecule has 22 heavy (non-hydrogen) atoms. The molecule has 0 unspecified atom stereocenters. The molecule has 1 N–H and O–H groups in total. The predicted molar refractivity (Wildman–Crippen MR) is 85.1 cm³/mol. The first-order chi connectivity index (χ1) is 10.2. The Hall–Kier alpha value is -1.42. The van der Waals surface area contributed by atoms with Crippen molar-refractivity contribution in [3.8, 4) is 0 Å². The van der Waals surface area contributed by atoms with Crippen LogP contribution >= 0.6 is 0 Å². The summed E-state index contributed by atoms with van der Waals surface area (Å²) in [5.74, 6) is 0.412. The molecule has 0 aromatic carbocycles. The molecule has 1 saturated heterocycles. The van der Waals surface area contributed by atoms with E-state index in [0.717, 1.165) is 6.42 Å². The summed E-state index contributed by atoms with van der Waals surface area (Å²) in [7, 11) is 0. The van der Waals surface area contributed by atoms with Crippen LogP contribution in [0.3, 0.4) is 0 Å². The molecule has 120 valence electrons. The van der Waals surface area contributed by atoms with Gasteiger partial charge in [-0.25, -0.2) is 0 Å². The van der Waals surface area contributed by atoms with E-state index in [4.69, 9.17) is 0 Å². The van der Waals surface area contributed by atoms with Crippen molar-refractivity contribution in [1.29, 1.82) is 0 Å². The summed E-state index contributed by atoms with van der Waals surface area (Å²) in [6.45, 7) is 9.78. The highest BCUT2D eigenvalue weighted by molar-refractivity contribution is 5.84. The Morgan fingerprint density at radius 3 is 2.36 bits per heavy atom. The number of carbonyl (C=O) groups is 1. The van der Waals surface area contributed by atoms with Crippen LogP contribution in [0.2, 0.25) is 0 Å². The Balaban J connectivity index is 1.65. The number of amides is 1. The van der Waals surface area contributed by atoms with Gasteiger partial charge in [-0.05, 0) is 34.9 Å². The third kappa shape index (κ3) is 2.34. The van der Waals surface area contributed by atoms with Crippen molar-refractivity contribution < 1.29 is 9.90 Å². The molecule has 4 heteroatoms. The lowest BCUT2D eigenvalue weighted by Gasteiger charge is -2.17. The molecule has 3 rings (SSSR count). The van der Waals surface area contributed by atoms with Crippen LogP contribution in [0.4, 0.5) is 0 Å². The van der Waals surface area contributed by atoms with Gasteiger partial charge in [0.25, 0.3) is 0 Å². The fraction of sp³-hybridized carbons (Fsp3) is 0.667. The number of pyridine rings is 1. The van der Waals surface area contributed by atoms with Crippen molar-refractivity contribution in [3.63, 3.8) is 0 Å². The molecule has 1 amide bonds. The van der Waals surface area contributed by atoms with Crippen LogP contribution in [0, 0.1) is 22.7 Å². The van der Waals surface area contributed by atoms with E-state index in [1.54, 1.807) is 12.4 Å². The minimum Gasteiger partial charge on any atom is -0.391 e. The van der Waals surface area contributed by atoms with Gasteiger partial charge in [0, 0.05) is 37.3 Å². The number of nitrogens with zero attached hydrogens (tertiary/aromatic N) is 2. The van der Waals surface area contributed by atoms with E-state index in [1.165, 1.54) is 5.56 Å². The summed E-state index contributed by atoms with van der Waals surface area (Å²) in [4.78, 5) is 18.7. The van der Waals surface area contributed by atoms with Crippen LogP contribution < -0.4 is 0 Å². The number of β-amino-alcohol motifs (C(OH)–C–C–N with tert-alkyl or cyclic N) is 1. The first-order valence-electron chi connectivity index (χ1n) is 8.11. The maximum Gasteiger partial charge on any atom is 0.226 e. The van der Waals surface area contributed by atoms with Crippen LogP contribution in [-0.4, -0.2) is 40.1 Å². The summed E-state index contributed by atoms with van der Waals surface area (Å²) in [6, 6.07) is 3.95. The van der Waals surface area contributed by atoms with E-state index in [0.29, 0.717) is 13.1 Å². The Kier molecular flexibility index (Phi) is 3.55. The molecule has 0 spiro atoms. The second-order valence-electron chi connectivity index (χ2n) is 8.01. The molecule has 1 aliphatic heterocycles. The SMILES string of the molecule is CC1(C)C(C(=O)N2C[C@@H](Cc3ccncc3)[C@H](O)C2)C1(C)C. The normalized spacial score (nSPS) is 29.6. The molecule has 2 heterocycles. The fourth-order valence-corrected chi connectivity index (χ4v) is 4.05. The van der Waals surface area contributed by atoms with Gasteiger partial charge in [-0.3, -0.25) is 9.78 Å². The van der Waals surface area contributed by atoms with Crippen molar-refractivity contribution in [3.05, 3.63) is 30.1 Å². The second kappa shape index (κ2) is 5.05. The van der Waals surface area contributed by atoms with Crippen molar-refractivity contribution in [1.82, 2.24) is 9.88 Å². The van der Waals surface area contributed by atoms with Crippen molar-refractivity contribution in [2.75, 3.05) is 13.1 Å². The van der Waals surface area contributed by atoms with Crippen LogP contribution in [0.5, 0.6) is 0 Å². The predicted octanol–water partition coefficient (Wildman–Crippen LogP) is 2.13. The Morgan fingerprint density at radius 2 is 1.82 bits per heavy atom. The number of carbonyl (C=O) groups excluding carboxylic acids is 1. The number of rotatable bonds is 3. The minimum atomic E-state index is -0.429. The van der Waals surface area contributed by atoms with Gasteiger partial charge in [-0.1, -0.05) is 27.7 Å². The van der Waals surface area contributed by atoms with Gasteiger partial charge in [0.1, 0.15) is 0 Å². The molecule has 0 radical (unpaired) electrons. The third-order valence-corrected chi connectivity index (χ3v) is 6.23. The van der Waals surface area contributed by atoms with E-state index in [9.17, 15) is 9.90 Å². The number of aliphatic hydroxyl groups is 1. The van der Waals surface area contributed by atoms with E-state index in [1.807, 2.05) is 17.0 Å². The molecule has 0 bridgehead atoms. The largest absolute Gasteiger partial charge is 0.391 e. The first kappa shape index (κ1) is 15.5. The smallest absolute Gasteiger partial charge is 0.226 e. The minimum absolute atomic E-state index is 0.0538. The van der Waals surface area contributed by atoms with Gasteiger partial charge in [-0.2, -0.15) is 0 Å². The van der Waals surface area contributed by atoms with Gasteiger partial charge < -0.3 is 10.0 Å². The van der Waals surface area contributed by atoms with Crippen LogP contribution in [0.15, 0.2) is 24.5 Å². The Bertz CT molecular complexity index is 554. The zero-order chi connectivity index (χ0) is 16.1. The molecule has 1 aromatic heterocycles. The van der Waals surface area contributed by atoms with Crippen LogP contribution in [-0.2, 0) is 11.2 Å². The highest BCUT2D eigenvalue weighted by atomic mass is 16.3. The zero-order valence-corrected chi connectivity index (χ0v) is 13.9. The third-order valence-electron chi connectivity index (χ3n) is 6.23. The molecule has 1 saturated carbocycles. The Labute approximate surface area is 132 Å². The average molecular weight is 302 g/mol. The summed E-state index contributed by atoms with van der Waals surface area (Å²) < 4.78 is 0. The van der Waals surface area contributed by atoms with Crippen molar-refractivity contribution in [2.24, 2.45) is 22.7 Å². The molecule has 2 aliphatic rings. The lowest BCUT2D eigenvalue weighted by Crippen LogP contribution is -2.32. The standard InChI is InChI=1S/C18H26N2O2/c1-17(2)15(18(17,3)4)16(22)20-10-13(14(21)11-20)9-12-5-7-19-8-6-12/h5-8,13-15,21H,9-11H2,1-4H3/t13-,14-/m1/s1. The van der Waals surface area contributed by atoms with Gasteiger partial charge in [-0.15, -0.1) is 0 Å². The lowest BCUT2D eigenvalue weighted by molar-refractivity contribution is -0.133. The number of hydrogen-bond acceptors (Lipinski definition) is 3. The van der Waals surface area contributed by atoms with Crippen LogP contribution in [0.1, 0.15) is 33.3 Å². The molecule has 2 atom stereocenters. The lowest BCUT2D eigenvalue weighted by atomic mass is 9.97. The fourth-order valence-electron chi connectivity index (χ4n) is 4.05. The van der Waals surface area contributed by atoms with E-state index >= 15 is 0 Å². The summed E-state index contributed by atoms with van der Waals surface area (Å²) in [6.07, 6.45) is 3.91. The van der Waals surface area contributed by atoms with E-state index in [2.05, 4.69) is 32.7 Å². The average Bonchev–Trinajstić information content (AvgIpc) is 2.70. The molecule has 4 nitrogen and oxygen atoms in total. The Morgan fingerprint density at radius 1 is 1.23 bits per heavy atom. The summed E-state index contributed by atoms with van der Waals surface area (Å²) in [5, 5.41) is 10.3. The van der Waals surface area contributed by atoms with E-state index in [-0.39, 0.29) is 28.6 Å². The highest BCUT2D eigenvalue weighted by Crippen LogP contribution is 2.68. The molecule has 1 aromatic rings. The zero-order valence-electron chi connectivity index (χ0n) is 13.9. The molecule has 1 aliphatic carbocycles. The topological polar surface area (TPSA) is 53.4 Å². The maximum atomic E-state index is 12.8. The molecular formula is C18H26N2O2. The first-order valence-corrected chi connectivity index (χ1v) is 8.11. The summed E-state index contributed by atoms with van der Waals surface area (Å²) in [5.41, 5.74) is 1.27. The highest BCUT2D eigenvalue weighted by Gasteiger charge is 2.69. The number of likely N-dealkylation sites (tertiary alicyclic amines) is 1. The van der Waals surface area contributed by atoms with Gasteiger partial charge in [0.05, 0.1) is 6.10 Å². The summed E-state index contributed by atoms with van der Waals surface area (Å²) >= 11 is 0. The monoisotopic (exact) mass is 302 g/mol. The van der Waals surface area contributed by atoms with Gasteiger partial charge in [0.15, 0.2) is 0 Å². The van der Waals surface area contributed by atoms with Gasteiger partial charge in [0.2, 0.25) is 5.91 Å². The second-order valence-corrected chi connectivity index (χ2v) is 8.01. The quantitative estimate of drug-likeness (QED) is 0.930. The number of aromatic nitrogens is 1. The molecular weight excluding hydrogens is 276 g/mol. The number of hydrogen-bond donors (Lipinski definition) is 1. The number of aliphatic hydroxyl groups excluding tert-OH is 1. The van der Waals surface area contributed by atoms with Gasteiger partial charge >= 0.3 is 0 Å². The van der Waals surface area contributed by atoms with Crippen molar-refractivity contribution >= 4 is 5.91 Å². The molecule has 2 fully saturated rings.